The quantitative estimate of drug-likeness (QED) is 0.369. The summed E-state index contributed by atoms with van der Waals surface area (Å²) in [6, 6.07) is 9.51. The summed E-state index contributed by atoms with van der Waals surface area (Å²) in [5, 5.41) is 5.34. The van der Waals surface area contributed by atoms with Crippen molar-refractivity contribution in [2.45, 2.75) is 5.07 Å². The molecule has 0 bridgehead atoms. The minimum atomic E-state index is -4.36. The number of nitrogen functional groups attached to an aromatic ring is 1. The van der Waals surface area contributed by atoms with Crippen LogP contribution in [-0.4, -0.2) is 56.3 Å². The average Bonchev–Trinajstić information content (AvgIpc) is 3.07. The van der Waals surface area contributed by atoms with E-state index in [1.54, 1.807) is 30.3 Å². The van der Waals surface area contributed by atoms with E-state index in [1.807, 2.05) is 0 Å². The molecule has 0 fully saturated rings. The van der Waals surface area contributed by atoms with Crippen LogP contribution in [0.2, 0.25) is 0 Å². The van der Waals surface area contributed by atoms with Crippen LogP contribution in [0.4, 0.5) is 24.7 Å². The number of nitrogens with two attached hydrogens (primary N) is 1. The number of benzene rings is 1. The fraction of sp³-hybridized carbons (Fsp3) is 0.200. The number of alkyl halides is 3. The fourth-order valence-electron chi connectivity index (χ4n) is 2.77. The first-order chi connectivity index (χ1) is 14.7. The topological polar surface area (TPSA) is 93.7 Å². The van der Waals surface area contributed by atoms with Crippen LogP contribution in [0.15, 0.2) is 36.4 Å². The molecule has 0 aliphatic rings. The van der Waals surface area contributed by atoms with Crippen molar-refractivity contribution in [2.75, 3.05) is 31.8 Å². The third-order valence-electron chi connectivity index (χ3n) is 4.12. The first-order valence-electron chi connectivity index (χ1n) is 8.89. The van der Waals surface area contributed by atoms with E-state index >= 15 is 0 Å². The molecule has 3 rings (SSSR count). The van der Waals surface area contributed by atoms with Crippen LogP contribution >= 0.6 is 0 Å². The molecule has 1 aromatic carbocycles. The van der Waals surface area contributed by atoms with Crippen LogP contribution in [-0.2, 0) is 0 Å². The average molecular weight is 496 g/mol. The van der Waals surface area contributed by atoms with Crippen molar-refractivity contribution >= 4 is 42.3 Å². The molecule has 0 aliphatic carbocycles. The number of ether oxygens (including phenoxy) is 1. The van der Waals surface area contributed by atoms with Crippen molar-refractivity contribution in [1.29, 1.82) is 0 Å². The number of methoxy groups -OCH3 is 1. The second-order valence-corrected chi connectivity index (χ2v) is 8.38. The molecule has 2 aromatic heterocycles. The van der Waals surface area contributed by atoms with E-state index in [9.17, 15) is 18.0 Å². The number of aromatic nitrogens is 2. The number of halogens is 3. The predicted molar refractivity (Wildman–Crippen MR) is 113 cm³/mol. The Kier molecular flexibility index (Phi) is 6.63. The zero-order valence-electron chi connectivity index (χ0n) is 16.5. The number of fused-ring (bicyclic) bond motifs is 1. The molecule has 4 N–H and O–H groups in total. The van der Waals surface area contributed by atoms with Gasteiger partial charge in [0.2, 0.25) is 0 Å². The Labute approximate surface area is 182 Å². The Morgan fingerprint density at radius 3 is 2.77 bits per heavy atom. The van der Waals surface area contributed by atoms with E-state index in [1.165, 1.54) is 24.7 Å². The van der Waals surface area contributed by atoms with Gasteiger partial charge < -0.3 is 0 Å². The summed E-state index contributed by atoms with van der Waals surface area (Å²) in [6.07, 6.45) is 0. The maximum absolute atomic E-state index is 13.1. The number of hydrogen-bond acceptors (Lipinski definition) is 5. The van der Waals surface area contributed by atoms with Gasteiger partial charge in [-0.05, 0) is 0 Å². The second kappa shape index (κ2) is 9.20. The fourth-order valence-corrected chi connectivity index (χ4v) is 4.19. The molecular formula is C20H18F3N5O2Se. The van der Waals surface area contributed by atoms with Gasteiger partial charge in [-0.1, -0.05) is 0 Å². The summed E-state index contributed by atoms with van der Waals surface area (Å²) in [6.45, 7) is 0.0926. The van der Waals surface area contributed by atoms with E-state index in [-0.39, 0.29) is 33.9 Å². The van der Waals surface area contributed by atoms with Crippen LogP contribution in [0.25, 0.3) is 5.52 Å². The van der Waals surface area contributed by atoms with Gasteiger partial charge in [-0.25, -0.2) is 0 Å². The zero-order valence-corrected chi connectivity index (χ0v) is 18.2. The molecule has 31 heavy (non-hydrogen) atoms. The van der Waals surface area contributed by atoms with Gasteiger partial charge in [0, 0.05) is 0 Å². The summed E-state index contributed by atoms with van der Waals surface area (Å²) in [4.78, 5) is 11.8. The monoisotopic (exact) mass is 497 g/mol. The number of rotatable bonds is 5. The molecule has 3 aromatic rings. The zero-order chi connectivity index (χ0) is 22.6. The van der Waals surface area contributed by atoms with Gasteiger partial charge in [0.25, 0.3) is 0 Å². The van der Waals surface area contributed by atoms with Crippen molar-refractivity contribution in [3.8, 4) is 17.6 Å². The standard InChI is InChI=1S/C20H18F3N5O2Se/c1-25-19(29)12-8-9-16(30-2)14(11-12)26-10-4-5-13-18(31-20(21,22)23)15-6-3-7-17(24)28(15)27-13/h3,6-9,11,26H,10,24H2,1-2H3,(H,25,29). The number of anilines is 2. The Morgan fingerprint density at radius 2 is 2.10 bits per heavy atom. The predicted octanol–water partition coefficient (Wildman–Crippen LogP) is 1.60. The van der Waals surface area contributed by atoms with Gasteiger partial charge in [0.15, 0.2) is 0 Å². The third kappa shape index (κ3) is 5.23. The van der Waals surface area contributed by atoms with Crippen LogP contribution in [0.1, 0.15) is 16.1 Å². The number of hydrogen-bond donors (Lipinski definition) is 3. The van der Waals surface area contributed by atoms with Crippen LogP contribution in [0.5, 0.6) is 5.75 Å². The van der Waals surface area contributed by atoms with Crippen molar-refractivity contribution in [2.24, 2.45) is 0 Å². The van der Waals surface area contributed by atoms with Gasteiger partial charge in [0.1, 0.15) is 0 Å². The molecule has 0 saturated carbocycles. The molecule has 0 aliphatic heterocycles. The molecule has 2 heterocycles. The summed E-state index contributed by atoms with van der Waals surface area (Å²) in [5.74, 6) is 5.94. The Balaban J connectivity index is 1.87. The molecule has 0 radical (unpaired) electrons. The van der Waals surface area contributed by atoms with Crippen molar-refractivity contribution in [3.63, 3.8) is 0 Å². The molecule has 0 atom stereocenters. The Hall–Kier alpha value is -3.35. The van der Waals surface area contributed by atoms with Crippen LogP contribution < -0.4 is 25.6 Å². The van der Waals surface area contributed by atoms with E-state index in [4.69, 9.17) is 10.5 Å². The number of nitrogens with one attached hydrogen (secondary N) is 2. The van der Waals surface area contributed by atoms with Crippen molar-refractivity contribution in [3.05, 3.63) is 47.7 Å². The van der Waals surface area contributed by atoms with Gasteiger partial charge in [-0.3, -0.25) is 0 Å². The van der Waals surface area contributed by atoms with Crippen LogP contribution in [0.3, 0.4) is 0 Å². The Morgan fingerprint density at radius 1 is 1.32 bits per heavy atom. The molecular weight excluding hydrogens is 478 g/mol. The number of amides is 1. The van der Waals surface area contributed by atoms with E-state index in [0.29, 0.717) is 17.0 Å². The maximum atomic E-state index is 13.1. The number of pyridine rings is 1. The summed E-state index contributed by atoms with van der Waals surface area (Å²) >= 11 is -1.83. The van der Waals surface area contributed by atoms with Gasteiger partial charge in [-0.2, -0.15) is 0 Å². The number of nitrogens with zero attached hydrogens (tertiary/aromatic N) is 2. The van der Waals surface area contributed by atoms with Gasteiger partial charge in [0.05, 0.1) is 0 Å². The van der Waals surface area contributed by atoms with E-state index in [2.05, 4.69) is 27.6 Å². The number of carbonyl (C=O) groups is 1. The van der Waals surface area contributed by atoms with Gasteiger partial charge >= 0.3 is 182 Å². The minimum absolute atomic E-state index is 0.0268. The summed E-state index contributed by atoms with van der Waals surface area (Å²) in [5.41, 5.74) is 7.10. The van der Waals surface area contributed by atoms with Gasteiger partial charge in [-0.15, -0.1) is 0 Å². The van der Waals surface area contributed by atoms with Crippen molar-refractivity contribution < 1.29 is 22.7 Å². The SMILES string of the molecule is CNC(=O)c1ccc(OC)c(NCC#Cc2nn3c(N)cccc3c2[Se]C(F)(F)F)c1. The summed E-state index contributed by atoms with van der Waals surface area (Å²) in [7, 11) is 3.01. The third-order valence-corrected chi connectivity index (χ3v) is 5.88. The molecule has 0 saturated heterocycles. The van der Waals surface area contributed by atoms with E-state index < -0.39 is 20.0 Å². The molecule has 0 unspecified atom stereocenters. The normalized spacial score (nSPS) is 11.0. The Bertz CT molecular complexity index is 1180. The molecule has 0 spiro atoms. The van der Waals surface area contributed by atoms with Crippen LogP contribution in [0, 0.1) is 11.8 Å². The van der Waals surface area contributed by atoms with Crippen molar-refractivity contribution in [1.82, 2.24) is 14.9 Å². The summed E-state index contributed by atoms with van der Waals surface area (Å²) < 4.78 is 45.9. The first-order valence-corrected chi connectivity index (χ1v) is 10.6. The second-order valence-electron chi connectivity index (χ2n) is 6.12. The molecule has 1 amide bonds. The van der Waals surface area contributed by atoms with E-state index in [0.717, 1.165) is 0 Å². The first kappa shape index (κ1) is 22.3. The molecule has 11 heteroatoms. The molecule has 162 valence electrons. The number of carbonyl (C=O) groups excluding carboxylic acids is 1. The molecule has 7 nitrogen and oxygen atoms in total.